The lowest BCUT2D eigenvalue weighted by atomic mass is 10.3. The number of aromatic nitrogens is 2. The lowest BCUT2D eigenvalue weighted by Crippen LogP contribution is -2.36. The van der Waals surface area contributed by atoms with E-state index in [1.165, 1.54) is 0 Å². The Morgan fingerprint density at radius 3 is 2.67 bits per heavy atom. The molecule has 0 unspecified atom stereocenters. The Labute approximate surface area is 91.1 Å². The Bertz CT molecular complexity index is 319. The molecule has 0 fully saturated rings. The fourth-order valence-corrected chi connectivity index (χ4v) is 1.46. The first-order valence-corrected chi connectivity index (χ1v) is 5.51. The number of hydrogen-bond donors (Lipinski definition) is 0. The van der Waals surface area contributed by atoms with Gasteiger partial charge in [-0.1, -0.05) is 13.3 Å². The third kappa shape index (κ3) is 3.08. The van der Waals surface area contributed by atoms with Gasteiger partial charge in [-0.15, -0.1) is 0 Å². The molecule has 0 saturated carbocycles. The highest BCUT2D eigenvalue weighted by Crippen LogP contribution is 1.99. The molecule has 1 heterocycles. The normalized spacial score (nSPS) is 10.3. The van der Waals surface area contributed by atoms with E-state index in [1.807, 2.05) is 29.6 Å². The molecule has 0 aliphatic rings. The van der Waals surface area contributed by atoms with Crippen LogP contribution in [0.3, 0.4) is 0 Å². The predicted octanol–water partition coefficient (Wildman–Crippen LogP) is 1.40. The second kappa shape index (κ2) is 5.53. The molecular formula is C11H20N3O+. The Balaban J connectivity index is 2.64. The van der Waals surface area contributed by atoms with Crippen molar-refractivity contribution in [3.8, 4) is 0 Å². The second-order valence-electron chi connectivity index (χ2n) is 3.70. The molecule has 15 heavy (non-hydrogen) atoms. The van der Waals surface area contributed by atoms with Crippen molar-refractivity contribution in [3.63, 3.8) is 0 Å². The standard InChI is InChI=1S/C11H20N3O/c1-4-6-7-13(5-2)11(15)14-9-8-12(3)10-14/h8-10H,4-7H2,1-3H3/q+1. The number of amides is 1. The fraction of sp³-hybridized carbons (Fsp3) is 0.636. The van der Waals surface area contributed by atoms with Crippen molar-refractivity contribution >= 4 is 6.03 Å². The number of nitrogens with zero attached hydrogens (tertiary/aromatic N) is 3. The van der Waals surface area contributed by atoms with Crippen LogP contribution in [-0.2, 0) is 7.05 Å². The quantitative estimate of drug-likeness (QED) is 0.691. The zero-order chi connectivity index (χ0) is 11.3. The Hall–Kier alpha value is -1.32. The maximum Gasteiger partial charge on any atom is 0.415 e. The molecule has 0 saturated heterocycles. The molecule has 1 amide bonds. The van der Waals surface area contributed by atoms with Crippen LogP contribution in [0.25, 0.3) is 0 Å². The highest BCUT2D eigenvalue weighted by molar-refractivity contribution is 5.76. The largest absolute Gasteiger partial charge is 0.415 e. The third-order valence-electron chi connectivity index (χ3n) is 2.42. The van der Waals surface area contributed by atoms with E-state index < -0.39 is 0 Å². The lowest BCUT2D eigenvalue weighted by molar-refractivity contribution is -0.670. The van der Waals surface area contributed by atoms with Crippen molar-refractivity contribution in [2.24, 2.45) is 7.05 Å². The summed E-state index contributed by atoms with van der Waals surface area (Å²) < 4.78 is 3.49. The van der Waals surface area contributed by atoms with Crippen LogP contribution < -0.4 is 4.57 Å². The first-order valence-electron chi connectivity index (χ1n) is 5.51. The molecule has 0 N–H and O–H groups in total. The summed E-state index contributed by atoms with van der Waals surface area (Å²) in [5.41, 5.74) is 0. The molecule has 0 aliphatic heterocycles. The molecular weight excluding hydrogens is 190 g/mol. The molecule has 84 valence electrons. The van der Waals surface area contributed by atoms with Crippen molar-refractivity contribution in [2.45, 2.75) is 26.7 Å². The van der Waals surface area contributed by atoms with Gasteiger partial charge in [0.15, 0.2) is 0 Å². The minimum Gasteiger partial charge on any atom is -0.305 e. The first-order chi connectivity index (χ1) is 7.19. The molecule has 4 heteroatoms. The fourth-order valence-electron chi connectivity index (χ4n) is 1.46. The summed E-state index contributed by atoms with van der Waals surface area (Å²) in [5.74, 6) is 0. The van der Waals surface area contributed by atoms with Gasteiger partial charge in [-0.3, -0.25) is 0 Å². The van der Waals surface area contributed by atoms with Crippen molar-refractivity contribution in [3.05, 3.63) is 18.7 Å². The number of rotatable bonds is 4. The van der Waals surface area contributed by atoms with E-state index in [9.17, 15) is 4.79 Å². The number of hydrogen-bond acceptors (Lipinski definition) is 1. The summed E-state index contributed by atoms with van der Waals surface area (Å²) in [6.07, 6.45) is 7.62. The van der Waals surface area contributed by atoms with Crippen LogP contribution in [0.15, 0.2) is 18.7 Å². The van der Waals surface area contributed by atoms with Crippen molar-refractivity contribution < 1.29 is 9.36 Å². The highest BCUT2D eigenvalue weighted by atomic mass is 16.2. The first kappa shape index (κ1) is 11.8. The lowest BCUT2D eigenvalue weighted by Gasteiger charge is -2.16. The predicted molar refractivity (Wildman–Crippen MR) is 58.6 cm³/mol. The molecule has 0 spiro atoms. The Morgan fingerprint density at radius 2 is 2.20 bits per heavy atom. The molecule has 0 aromatic carbocycles. The van der Waals surface area contributed by atoms with Gasteiger partial charge in [-0.05, 0) is 13.3 Å². The van der Waals surface area contributed by atoms with Gasteiger partial charge in [-0.25, -0.2) is 9.36 Å². The van der Waals surface area contributed by atoms with E-state index >= 15 is 0 Å². The second-order valence-corrected chi connectivity index (χ2v) is 3.70. The van der Waals surface area contributed by atoms with E-state index in [-0.39, 0.29) is 6.03 Å². The molecule has 1 rings (SSSR count). The van der Waals surface area contributed by atoms with Crippen LogP contribution in [0.2, 0.25) is 0 Å². The van der Waals surface area contributed by atoms with Gasteiger partial charge in [-0.2, -0.15) is 4.57 Å². The molecule has 0 atom stereocenters. The van der Waals surface area contributed by atoms with Gasteiger partial charge in [0.1, 0.15) is 12.4 Å². The Kier molecular flexibility index (Phi) is 4.34. The molecule has 0 aliphatic carbocycles. The number of carbonyl (C=O) groups excluding carboxylic acids is 1. The van der Waals surface area contributed by atoms with Gasteiger partial charge >= 0.3 is 6.03 Å². The van der Waals surface area contributed by atoms with Crippen molar-refractivity contribution in [2.75, 3.05) is 13.1 Å². The summed E-state index contributed by atoms with van der Waals surface area (Å²) in [6.45, 7) is 5.75. The maximum absolute atomic E-state index is 12.0. The summed E-state index contributed by atoms with van der Waals surface area (Å²) >= 11 is 0. The van der Waals surface area contributed by atoms with Gasteiger partial charge < -0.3 is 4.90 Å². The van der Waals surface area contributed by atoms with E-state index in [1.54, 1.807) is 17.1 Å². The van der Waals surface area contributed by atoms with Crippen LogP contribution in [0.5, 0.6) is 0 Å². The van der Waals surface area contributed by atoms with E-state index in [0.717, 1.165) is 25.9 Å². The van der Waals surface area contributed by atoms with Crippen LogP contribution in [0, 0.1) is 0 Å². The highest BCUT2D eigenvalue weighted by Gasteiger charge is 2.18. The number of aryl methyl sites for hydroxylation is 1. The van der Waals surface area contributed by atoms with E-state index in [4.69, 9.17) is 0 Å². The average molecular weight is 210 g/mol. The maximum atomic E-state index is 12.0. The molecule has 1 aromatic rings. The zero-order valence-corrected chi connectivity index (χ0v) is 9.81. The van der Waals surface area contributed by atoms with Gasteiger partial charge in [0, 0.05) is 13.1 Å². The number of unbranched alkanes of at least 4 members (excludes halogenated alkanes) is 1. The van der Waals surface area contributed by atoms with Crippen molar-refractivity contribution in [1.82, 2.24) is 9.47 Å². The topological polar surface area (TPSA) is 29.1 Å². The van der Waals surface area contributed by atoms with Gasteiger partial charge in [0.25, 0.3) is 6.33 Å². The smallest absolute Gasteiger partial charge is 0.305 e. The number of carbonyl (C=O) groups is 1. The molecule has 0 bridgehead atoms. The monoisotopic (exact) mass is 210 g/mol. The van der Waals surface area contributed by atoms with E-state index in [2.05, 4.69) is 6.92 Å². The molecule has 1 aromatic heterocycles. The van der Waals surface area contributed by atoms with Crippen LogP contribution in [-0.4, -0.2) is 28.6 Å². The minimum atomic E-state index is 0.0616. The summed E-state index contributed by atoms with van der Waals surface area (Å²) in [4.78, 5) is 13.8. The van der Waals surface area contributed by atoms with Crippen LogP contribution in [0.1, 0.15) is 26.7 Å². The summed E-state index contributed by atoms with van der Waals surface area (Å²) in [6, 6.07) is 0.0616. The SMILES string of the molecule is CCCCN(CC)C(=O)n1cc[n+](C)c1. The third-order valence-corrected chi connectivity index (χ3v) is 2.42. The van der Waals surface area contributed by atoms with Gasteiger partial charge in [0.05, 0.1) is 7.05 Å². The average Bonchev–Trinajstić information content (AvgIpc) is 2.65. The van der Waals surface area contributed by atoms with Crippen molar-refractivity contribution in [1.29, 1.82) is 0 Å². The summed E-state index contributed by atoms with van der Waals surface area (Å²) in [7, 11) is 1.91. The summed E-state index contributed by atoms with van der Waals surface area (Å²) in [5, 5.41) is 0. The minimum absolute atomic E-state index is 0.0616. The molecule has 4 nitrogen and oxygen atoms in total. The Morgan fingerprint density at radius 1 is 1.47 bits per heavy atom. The van der Waals surface area contributed by atoms with Crippen LogP contribution >= 0.6 is 0 Å². The molecule has 0 radical (unpaired) electrons. The zero-order valence-electron chi connectivity index (χ0n) is 9.81. The van der Waals surface area contributed by atoms with Crippen LogP contribution in [0.4, 0.5) is 4.79 Å². The van der Waals surface area contributed by atoms with Gasteiger partial charge in [0.2, 0.25) is 0 Å². The number of imidazole rings is 1. The van der Waals surface area contributed by atoms with E-state index in [0.29, 0.717) is 0 Å².